The van der Waals surface area contributed by atoms with E-state index < -0.39 is 0 Å². The molecule has 5 aromatic rings. The van der Waals surface area contributed by atoms with E-state index in [0.717, 1.165) is 39.2 Å². The molecule has 0 spiro atoms. The Hall–Kier alpha value is -3.14. The van der Waals surface area contributed by atoms with Crippen LogP contribution in [0.15, 0.2) is 79.0 Å². The van der Waals surface area contributed by atoms with Crippen LogP contribution in [0.4, 0.5) is 0 Å². The summed E-state index contributed by atoms with van der Waals surface area (Å²) in [6, 6.07) is 23.8. The van der Waals surface area contributed by atoms with E-state index in [1.807, 2.05) is 66.9 Å². The van der Waals surface area contributed by atoms with Crippen molar-refractivity contribution >= 4 is 52.0 Å². The molecular weight excluding hydrogens is 401 g/mol. The Morgan fingerprint density at radius 1 is 0.759 bits per heavy atom. The molecule has 3 aromatic carbocycles. The Morgan fingerprint density at radius 2 is 1.55 bits per heavy atom. The summed E-state index contributed by atoms with van der Waals surface area (Å²) in [6.45, 7) is 0. The summed E-state index contributed by atoms with van der Waals surface area (Å²) in [6.07, 6.45) is 5.97. The first-order valence-corrected chi connectivity index (χ1v) is 9.91. The Kier molecular flexibility index (Phi) is 4.55. The highest BCUT2D eigenvalue weighted by atomic mass is 35.5. The van der Waals surface area contributed by atoms with E-state index >= 15 is 0 Å². The Morgan fingerprint density at radius 3 is 2.38 bits per heavy atom. The highest BCUT2D eigenvalue weighted by Crippen LogP contribution is 2.26. The molecule has 0 fully saturated rings. The second-order valence-corrected chi connectivity index (χ2v) is 7.49. The summed E-state index contributed by atoms with van der Waals surface area (Å²) < 4.78 is 2.10. The molecule has 0 aliphatic carbocycles. The van der Waals surface area contributed by atoms with Gasteiger partial charge in [0.1, 0.15) is 5.69 Å². The molecular formula is C24H15Cl2N3. The summed E-state index contributed by atoms with van der Waals surface area (Å²) in [5.74, 6) is 0. The minimum atomic E-state index is 0.525. The van der Waals surface area contributed by atoms with E-state index in [1.54, 1.807) is 6.07 Å². The van der Waals surface area contributed by atoms with Gasteiger partial charge in [0, 0.05) is 11.8 Å². The molecule has 0 saturated heterocycles. The fourth-order valence-corrected chi connectivity index (χ4v) is 3.64. The van der Waals surface area contributed by atoms with Gasteiger partial charge in [-0.1, -0.05) is 77.8 Å². The van der Waals surface area contributed by atoms with Gasteiger partial charge in [0.05, 0.1) is 26.8 Å². The predicted molar refractivity (Wildman–Crippen MR) is 121 cm³/mol. The van der Waals surface area contributed by atoms with Gasteiger partial charge in [-0.2, -0.15) is 0 Å². The zero-order chi connectivity index (χ0) is 19.8. The van der Waals surface area contributed by atoms with Gasteiger partial charge in [-0.05, 0) is 35.9 Å². The molecule has 29 heavy (non-hydrogen) atoms. The molecule has 0 radical (unpaired) electrons. The summed E-state index contributed by atoms with van der Waals surface area (Å²) in [5.41, 5.74) is 6.46. The van der Waals surface area contributed by atoms with E-state index in [2.05, 4.69) is 22.6 Å². The second kappa shape index (κ2) is 7.36. The molecule has 2 heterocycles. The van der Waals surface area contributed by atoms with Crippen molar-refractivity contribution in [3.63, 3.8) is 0 Å². The van der Waals surface area contributed by atoms with Gasteiger partial charge >= 0.3 is 0 Å². The molecule has 3 nitrogen and oxygen atoms in total. The number of hydrogen-bond donors (Lipinski definition) is 0. The zero-order valence-corrected chi connectivity index (χ0v) is 16.8. The normalized spacial score (nSPS) is 11.7. The SMILES string of the molecule is Clc1ccc(C=Cc2nc(-c3ccccc3)cn3c2nc2ccccc23)cc1Cl. The molecule has 0 bridgehead atoms. The van der Waals surface area contributed by atoms with Gasteiger partial charge in [0.25, 0.3) is 0 Å². The highest BCUT2D eigenvalue weighted by Gasteiger charge is 2.11. The van der Waals surface area contributed by atoms with Gasteiger partial charge in [-0.3, -0.25) is 4.40 Å². The molecule has 5 heteroatoms. The second-order valence-electron chi connectivity index (χ2n) is 6.68. The maximum Gasteiger partial charge on any atom is 0.164 e. The summed E-state index contributed by atoms with van der Waals surface area (Å²) in [4.78, 5) is 9.69. The summed E-state index contributed by atoms with van der Waals surface area (Å²) in [5, 5.41) is 1.06. The molecule has 0 N–H and O–H groups in total. The number of aromatic nitrogens is 3. The summed E-state index contributed by atoms with van der Waals surface area (Å²) in [7, 11) is 0. The van der Waals surface area contributed by atoms with Gasteiger partial charge in [-0.15, -0.1) is 0 Å². The van der Waals surface area contributed by atoms with Crippen molar-refractivity contribution in [3.8, 4) is 11.3 Å². The summed E-state index contributed by atoms with van der Waals surface area (Å²) >= 11 is 12.2. The third-order valence-corrected chi connectivity index (χ3v) is 5.50. The standard InChI is InChI=1S/C24H15Cl2N3/c25-18-12-10-16(14-19(18)26)11-13-21-24-28-20-8-4-5-9-23(20)29(24)15-22(27-21)17-6-2-1-3-7-17/h1-15H. The van der Waals surface area contributed by atoms with Crippen molar-refractivity contribution in [2.24, 2.45) is 0 Å². The molecule has 5 rings (SSSR count). The van der Waals surface area contributed by atoms with E-state index in [9.17, 15) is 0 Å². The first-order valence-electron chi connectivity index (χ1n) is 9.15. The lowest BCUT2D eigenvalue weighted by Gasteiger charge is -2.06. The first kappa shape index (κ1) is 17.9. The zero-order valence-electron chi connectivity index (χ0n) is 15.3. The van der Waals surface area contributed by atoms with Crippen LogP contribution in [0.1, 0.15) is 11.3 Å². The van der Waals surface area contributed by atoms with E-state index in [4.69, 9.17) is 33.2 Å². The Balaban J connectivity index is 1.72. The number of halogens is 2. The van der Waals surface area contributed by atoms with Crippen LogP contribution in [0.2, 0.25) is 10.0 Å². The number of imidazole rings is 1. The van der Waals surface area contributed by atoms with Crippen LogP contribution in [-0.4, -0.2) is 14.4 Å². The molecule has 0 unspecified atom stereocenters. The van der Waals surface area contributed by atoms with Crippen molar-refractivity contribution in [2.75, 3.05) is 0 Å². The van der Waals surface area contributed by atoms with Crippen LogP contribution in [0.25, 0.3) is 40.1 Å². The Labute approximate surface area is 177 Å². The minimum absolute atomic E-state index is 0.525. The van der Waals surface area contributed by atoms with Crippen molar-refractivity contribution in [1.29, 1.82) is 0 Å². The van der Waals surface area contributed by atoms with Gasteiger partial charge in [-0.25, -0.2) is 9.97 Å². The van der Waals surface area contributed by atoms with Crippen molar-refractivity contribution in [2.45, 2.75) is 0 Å². The van der Waals surface area contributed by atoms with Gasteiger partial charge < -0.3 is 0 Å². The largest absolute Gasteiger partial charge is 0.296 e. The predicted octanol–water partition coefficient (Wildman–Crippen LogP) is 7.03. The fraction of sp³-hybridized carbons (Fsp3) is 0. The first-order chi connectivity index (χ1) is 14.2. The van der Waals surface area contributed by atoms with Crippen LogP contribution in [0.5, 0.6) is 0 Å². The average Bonchev–Trinajstić information content (AvgIpc) is 3.14. The molecule has 140 valence electrons. The highest BCUT2D eigenvalue weighted by molar-refractivity contribution is 6.42. The Bertz CT molecular complexity index is 1370. The third-order valence-electron chi connectivity index (χ3n) is 4.76. The van der Waals surface area contributed by atoms with Crippen LogP contribution in [0, 0.1) is 0 Å². The number of benzene rings is 3. The van der Waals surface area contributed by atoms with Crippen LogP contribution < -0.4 is 0 Å². The van der Waals surface area contributed by atoms with Crippen LogP contribution in [-0.2, 0) is 0 Å². The number of para-hydroxylation sites is 2. The van der Waals surface area contributed by atoms with E-state index in [1.165, 1.54) is 0 Å². The molecule has 0 amide bonds. The third kappa shape index (κ3) is 3.39. The maximum absolute atomic E-state index is 6.15. The topological polar surface area (TPSA) is 30.2 Å². The lowest BCUT2D eigenvalue weighted by atomic mass is 10.1. The van der Waals surface area contributed by atoms with Gasteiger partial charge in [0.2, 0.25) is 0 Å². The number of rotatable bonds is 3. The molecule has 0 atom stereocenters. The maximum atomic E-state index is 6.15. The van der Waals surface area contributed by atoms with Crippen molar-refractivity contribution < 1.29 is 0 Å². The molecule has 0 aliphatic rings. The number of fused-ring (bicyclic) bond motifs is 3. The molecule has 0 saturated carbocycles. The molecule has 2 aromatic heterocycles. The van der Waals surface area contributed by atoms with Crippen LogP contribution in [0.3, 0.4) is 0 Å². The van der Waals surface area contributed by atoms with Gasteiger partial charge in [0.15, 0.2) is 5.65 Å². The average molecular weight is 416 g/mol. The van der Waals surface area contributed by atoms with E-state index in [0.29, 0.717) is 10.0 Å². The number of hydrogen-bond acceptors (Lipinski definition) is 2. The minimum Gasteiger partial charge on any atom is -0.296 e. The number of nitrogens with zero attached hydrogens (tertiary/aromatic N) is 3. The van der Waals surface area contributed by atoms with Crippen molar-refractivity contribution in [3.05, 3.63) is 100 Å². The van der Waals surface area contributed by atoms with E-state index in [-0.39, 0.29) is 0 Å². The fourth-order valence-electron chi connectivity index (χ4n) is 3.34. The molecule has 0 aliphatic heterocycles. The smallest absolute Gasteiger partial charge is 0.164 e. The quantitative estimate of drug-likeness (QED) is 0.316. The lowest BCUT2D eigenvalue weighted by Crippen LogP contribution is -1.95. The van der Waals surface area contributed by atoms with Crippen molar-refractivity contribution in [1.82, 2.24) is 14.4 Å². The monoisotopic (exact) mass is 415 g/mol. The van der Waals surface area contributed by atoms with Crippen LogP contribution >= 0.6 is 23.2 Å². The lowest BCUT2D eigenvalue weighted by molar-refractivity contribution is 1.14.